The smallest absolute Gasteiger partial charge is 0.251 e. The SMILES string of the molecule is CCO[C@H]1[C@H](NC(=O)c2ccncc2)c2ccccc2C12CCNCC2. The van der Waals surface area contributed by atoms with E-state index in [0.717, 1.165) is 25.9 Å². The molecule has 5 heteroatoms. The Bertz CT molecular complexity index is 772. The lowest BCUT2D eigenvalue weighted by Crippen LogP contribution is -2.49. The summed E-state index contributed by atoms with van der Waals surface area (Å²) in [6.07, 6.45) is 5.29. The number of rotatable bonds is 4. The molecule has 2 N–H and O–H groups in total. The number of fused-ring (bicyclic) bond motifs is 2. The van der Waals surface area contributed by atoms with Crippen LogP contribution in [0.4, 0.5) is 0 Å². The van der Waals surface area contributed by atoms with Gasteiger partial charge in [-0.25, -0.2) is 0 Å². The van der Waals surface area contributed by atoms with Crippen molar-refractivity contribution >= 4 is 5.91 Å². The maximum atomic E-state index is 12.8. The summed E-state index contributed by atoms with van der Waals surface area (Å²) in [5.41, 5.74) is 3.11. The summed E-state index contributed by atoms with van der Waals surface area (Å²) in [6.45, 7) is 4.61. The van der Waals surface area contributed by atoms with Gasteiger partial charge in [0, 0.05) is 30.0 Å². The van der Waals surface area contributed by atoms with Crippen LogP contribution in [0.2, 0.25) is 0 Å². The molecule has 2 aliphatic rings. The van der Waals surface area contributed by atoms with Crippen LogP contribution in [0.25, 0.3) is 0 Å². The van der Waals surface area contributed by atoms with Crippen molar-refractivity contribution in [3.63, 3.8) is 0 Å². The first-order chi connectivity index (χ1) is 12.8. The van der Waals surface area contributed by atoms with Gasteiger partial charge in [0.1, 0.15) is 0 Å². The minimum atomic E-state index is -0.134. The summed E-state index contributed by atoms with van der Waals surface area (Å²) in [6, 6.07) is 11.8. The van der Waals surface area contributed by atoms with E-state index in [-0.39, 0.29) is 23.5 Å². The molecule has 5 nitrogen and oxygen atoms in total. The van der Waals surface area contributed by atoms with Crippen LogP contribution in [0, 0.1) is 0 Å². The lowest BCUT2D eigenvalue weighted by atomic mass is 9.72. The van der Waals surface area contributed by atoms with Crippen LogP contribution >= 0.6 is 0 Å². The Hall–Kier alpha value is -2.24. The fraction of sp³-hybridized carbons (Fsp3) is 0.429. The quantitative estimate of drug-likeness (QED) is 0.889. The lowest BCUT2D eigenvalue weighted by Gasteiger charge is -2.41. The normalized spacial score (nSPS) is 23.6. The second-order valence-electron chi connectivity index (χ2n) is 7.06. The first kappa shape index (κ1) is 17.2. The molecule has 2 atom stereocenters. The number of piperidine rings is 1. The second-order valence-corrected chi connectivity index (χ2v) is 7.06. The van der Waals surface area contributed by atoms with Gasteiger partial charge in [-0.2, -0.15) is 0 Å². The number of ether oxygens (including phenoxy) is 1. The van der Waals surface area contributed by atoms with Crippen LogP contribution in [0.15, 0.2) is 48.8 Å². The standard InChI is InChI=1S/C21H25N3O2/c1-2-26-19-18(24-20(25)15-7-11-22-12-8-15)16-5-3-4-6-17(16)21(19)9-13-23-14-10-21/h3-8,11-12,18-19,23H,2,9-10,13-14H2,1H3,(H,24,25)/t18-,19+/m1/s1. The van der Waals surface area contributed by atoms with E-state index >= 15 is 0 Å². The number of hydrogen-bond donors (Lipinski definition) is 2. The predicted octanol–water partition coefficient (Wildman–Crippen LogP) is 2.59. The molecule has 0 unspecified atom stereocenters. The van der Waals surface area contributed by atoms with Crippen molar-refractivity contribution in [2.24, 2.45) is 0 Å². The molecule has 1 saturated heterocycles. The fourth-order valence-corrected chi connectivity index (χ4v) is 4.60. The minimum absolute atomic E-state index is 0.0337. The van der Waals surface area contributed by atoms with Crippen LogP contribution in [-0.4, -0.2) is 36.7 Å². The van der Waals surface area contributed by atoms with Crippen molar-refractivity contribution in [1.29, 1.82) is 0 Å². The third-order valence-electron chi connectivity index (χ3n) is 5.75. The monoisotopic (exact) mass is 351 g/mol. The molecule has 26 heavy (non-hydrogen) atoms. The van der Waals surface area contributed by atoms with Gasteiger partial charge in [0.2, 0.25) is 0 Å². The van der Waals surface area contributed by atoms with Gasteiger partial charge >= 0.3 is 0 Å². The van der Waals surface area contributed by atoms with E-state index in [9.17, 15) is 4.79 Å². The van der Waals surface area contributed by atoms with Crippen LogP contribution in [0.5, 0.6) is 0 Å². The average molecular weight is 351 g/mol. The van der Waals surface area contributed by atoms with Gasteiger partial charge in [0.15, 0.2) is 0 Å². The van der Waals surface area contributed by atoms with Crippen molar-refractivity contribution in [1.82, 2.24) is 15.6 Å². The molecule has 0 bridgehead atoms. The number of nitrogens with zero attached hydrogens (tertiary/aromatic N) is 1. The molecule has 136 valence electrons. The van der Waals surface area contributed by atoms with Gasteiger partial charge in [0.25, 0.3) is 5.91 Å². The maximum Gasteiger partial charge on any atom is 0.251 e. The second kappa shape index (κ2) is 7.17. The Kier molecular flexibility index (Phi) is 4.74. The first-order valence-electron chi connectivity index (χ1n) is 9.39. The summed E-state index contributed by atoms with van der Waals surface area (Å²) in [4.78, 5) is 16.8. The highest BCUT2D eigenvalue weighted by Crippen LogP contribution is 2.51. The maximum absolute atomic E-state index is 12.8. The zero-order valence-corrected chi connectivity index (χ0v) is 15.1. The molecule has 1 aromatic heterocycles. The topological polar surface area (TPSA) is 63.2 Å². The summed E-state index contributed by atoms with van der Waals surface area (Å²) in [7, 11) is 0. The molecule has 0 saturated carbocycles. The largest absolute Gasteiger partial charge is 0.375 e. The third kappa shape index (κ3) is 2.81. The lowest BCUT2D eigenvalue weighted by molar-refractivity contribution is -0.0207. The van der Waals surface area contributed by atoms with E-state index in [4.69, 9.17) is 4.74 Å². The molecular weight excluding hydrogens is 326 g/mol. The molecule has 1 spiro atoms. The Labute approximate surface area is 154 Å². The molecule has 1 aliphatic carbocycles. The van der Waals surface area contributed by atoms with E-state index in [1.165, 1.54) is 11.1 Å². The molecule has 2 heterocycles. The molecule has 4 rings (SSSR count). The van der Waals surface area contributed by atoms with E-state index in [1.54, 1.807) is 24.5 Å². The molecule has 1 aliphatic heterocycles. The number of carbonyl (C=O) groups is 1. The van der Waals surface area contributed by atoms with E-state index in [0.29, 0.717) is 12.2 Å². The van der Waals surface area contributed by atoms with Gasteiger partial charge < -0.3 is 15.4 Å². The van der Waals surface area contributed by atoms with Crippen molar-refractivity contribution in [2.45, 2.75) is 37.3 Å². The number of pyridine rings is 1. The van der Waals surface area contributed by atoms with Crippen LogP contribution in [0.1, 0.15) is 47.3 Å². The zero-order chi connectivity index (χ0) is 18.0. The predicted molar refractivity (Wildman–Crippen MR) is 100 cm³/mol. The van der Waals surface area contributed by atoms with Gasteiger partial charge in [0.05, 0.1) is 12.1 Å². The molecule has 1 fully saturated rings. The van der Waals surface area contributed by atoms with Gasteiger partial charge in [-0.1, -0.05) is 24.3 Å². The van der Waals surface area contributed by atoms with E-state index < -0.39 is 0 Å². The third-order valence-corrected chi connectivity index (χ3v) is 5.75. The van der Waals surface area contributed by atoms with E-state index in [2.05, 4.69) is 33.8 Å². The Morgan fingerprint density at radius 2 is 1.96 bits per heavy atom. The van der Waals surface area contributed by atoms with Crippen LogP contribution in [-0.2, 0) is 10.2 Å². The number of carbonyl (C=O) groups excluding carboxylic acids is 1. The summed E-state index contributed by atoms with van der Waals surface area (Å²) < 4.78 is 6.27. The number of aromatic nitrogens is 1. The van der Waals surface area contributed by atoms with Gasteiger partial charge in [-0.05, 0) is 56.1 Å². The molecule has 1 aromatic carbocycles. The number of hydrogen-bond acceptors (Lipinski definition) is 4. The van der Waals surface area contributed by atoms with Crippen molar-refractivity contribution < 1.29 is 9.53 Å². The summed E-state index contributed by atoms with van der Waals surface area (Å²) in [5, 5.41) is 6.71. The van der Waals surface area contributed by atoms with Crippen LogP contribution < -0.4 is 10.6 Å². The van der Waals surface area contributed by atoms with Crippen molar-refractivity contribution in [2.75, 3.05) is 19.7 Å². The summed E-state index contributed by atoms with van der Waals surface area (Å²) in [5.74, 6) is -0.0807. The Balaban J connectivity index is 1.71. The Morgan fingerprint density at radius 3 is 2.69 bits per heavy atom. The highest BCUT2D eigenvalue weighted by molar-refractivity contribution is 5.94. The van der Waals surface area contributed by atoms with E-state index in [1.807, 2.05) is 13.0 Å². The van der Waals surface area contributed by atoms with Gasteiger partial charge in [-0.3, -0.25) is 9.78 Å². The molecule has 1 amide bonds. The highest BCUT2D eigenvalue weighted by atomic mass is 16.5. The average Bonchev–Trinajstić information content (AvgIpc) is 2.93. The highest BCUT2D eigenvalue weighted by Gasteiger charge is 2.53. The number of amides is 1. The minimum Gasteiger partial charge on any atom is -0.375 e. The fourth-order valence-electron chi connectivity index (χ4n) is 4.60. The number of benzene rings is 1. The van der Waals surface area contributed by atoms with Crippen molar-refractivity contribution in [3.05, 3.63) is 65.5 Å². The molecular formula is C21H25N3O2. The number of nitrogens with one attached hydrogen (secondary N) is 2. The molecule has 0 radical (unpaired) electrons. The first-order valence-corrected chi connectivity index (χ1v) is 9.39. The van der Waals surface area contributed by atoms with Crippen LogP contribution in [0.3, 0.4) is 0 Å². The zero-order valence-electron chi connectivity index (χ0n) is 15.1. The molecule has 2 aromatic rings. The Morgan fingerprint density at radius 1 is 1.23 bits per heavy atom. The summed E-state index contributed by atoms with van der Waals surface area (Å²) >= 11 is 0. The van der Waals surface area contributed by atoms with Gasteiger partial charge in [-0.15, -0.1) is 0 Å². The van der Waals surface area contributed by atoms with Crippen molar-refractivity contribution in [3.8, 4) is 0 Å².